The first kappa shape index (κ1) is 27.6. The molecule has 2 aromatic carbocycles. The van der Waals surface area contributed by atoms with Crippen LogP contribution in [0.3, 0.4) is 0 Å². The van der Waals surface area contributed by atoms with Gasteiger partial charge in [-0.2, -0.15) is 4.39 Å². The molecule has 3 heterocycles. The van der Waals surface area contributed by atoms with Crippen molar-refractivity contribution in [2.24, 2.45) is 10.7 Å². The summed E-state index contributed by atoms with van der Waals surface area (Å²) in [6.45, 7) is 1.14. The van der Waals surface area contributed by atoms with Crippen LogP contribution in [0.15, 0.2) is 47.6 Å². The number of nitrogens with zero attached hydrogens (tertiary/aromatic N) is 4. The molecule has 1 aromatic heterocycles. The quantitative estimate of drug-likeness (QED) is 0.200. The Morgan fingerprint density at radius 2 is 1.95 bits per heavy atom. The summed E-state index contributed by atoms with van der Waals surface area (Å²) in [7, 11) is 1.78. The fraction of sp³-hybridized carbons (Fsp3) is 0.259. The fourth-order valence-electron chi connectivity index (χ4n) is 4.69. The van der Waals surface area contributed by atoms with Crippen molar-refractivity contribution in [3.05, 3.63) is 65.4 Å². The Bertz CT molecular complexity index is 1570. The van der Waals surface area contributed by atoms with Crippen LogP contribution in [0.1, 0.15) is 17.5 Å². The van der Waals surface area contributed by atoms with Crippen LogP contribution in [0, 0.1) is 17.0 Å². The van der Waals surface area contributed by atoms with E-state index in [-0.39, 0.29) is 35.9 Å². The molecule has 0 amide bonds. The number of aliphatic imine (C=N–C) groups is 1. The van der Waals surface area contributed by atoms with E-state index in [0.29, 0.717) is 36.4 Å². The van der Waals surface area contributed by atoms with E-state index in [2.05, 4.69) is 9.98 Å². The lowest BCUT2D eigenvalue weighted by atomic mass is 10.1. The number of likely N-dealkylation sites (N-methyl/N-ethyl adjacent to an activating group) is 1. The van der Waals surface area contributed by atoms with Gasteiger partial charge in [0.2, 0.25) is 11.6 Å². The minimum atomic E-state index is -1.30. The van der Waals surface area contributed by atoms with Gasteiger partial charge in [-0.3, -0.25) is 10.4 Å². The van der Waals surface area contributed by atoms with Gasteiger partial charge >= 0.3 is 5.97 Å². The number of rotatable bonds is 8. The first-order valence-electron chi connectivity index (χ1n) is 12.5. The Balaban J connectivity index is 1.53. The third kappa shape index (κ3) is 5.41. The number of hydrogen-bond donors (Lipinski definition) is 5. The molecule has 14 heteroatoms. The summed E-state index contributed by atoms with van der Waals surface area (Å²) in [4.78, 5) is 23.3. The topological polar surface area (TPSA) is 178 Å². The summed E-state index contributed by atoms with van der Waals surface area (Å²) < 4.78 is 41.6. The number of amidine groups is 2. The van der Waals surface area contributed by atoms with Gasteiger partial charge in [0.15, 0.2) is 17.3 Å². The van der Waals surface area contributed by atoms with Crippen LogP contribution in [0.25, 0.3) is 0 Å². The molecule has 1 fully saturated rings. The number of carboxylic acids is 1. The number of nitrogen functional groups attached to an aromatic ring is 1. The fourth-order valence-corrected chi connectivity index (χ4v) is 4.69. The molecule has 0 radical (unpaired) electrons. The van der Waals surface area contributed by atoms with E-state index in [9.17, 15) is 24.5 Å². The SMILES string of the molecule is CN1CCN=C1c1cc(N2CC(O)CC2C(=O)O)ccc1Oc1c(F)cnc(Oc2cc(C(=N)N)ccc2O)c1F. The number of ether oxygens (including phenoxy) is 2. The number of aliphatic hydroxyl groups excluding tert-OH is 1. The minimum absolute atomic E-state index is 0.0178. The molecule has 2 aliphatic rings. The number of pyridine rings is 1. The normalized spacial score (nSPS) is 18.4. The lowest BCUT2D eigenvalue weighted by Crippen LogP contribution is -2.36. The molecule has 2 aliphatic heterocycles. The van der Waals surface area contributed by atoms with Crippen LogP contribution in [-0.4, -0.2) is 81.7 Å². The molecule has 3 aromatic rings. The third-order valence-electron chi connectivity index (χ3n) is 6.75. The van der Waals surface area contributed by atoms with E-state index in [1.54, 1.807) is 13.1 Å². The lowest BCUT2D eigenvalue weighted by molar-refractivity contribution is -0.138. The highest BCUT2D eigenvalue weighted by Gasteiger charge is 2.37. The highest BCUT2D eigenvalue weighted by atomic mass is 19.1. The van der Waals surface area contributed by atoms with Crippen LogP contribution in [0.2, 0.25) is 0 Å². The zero-order valence-corrected chi connectivity index (χ0v) is 21.7. The maximum absolute atomic E-state index is 15.5. The van der Waals surface area contributed by atoms with E-state index in [1.165, 1.54) is 35.2 Å². The Morgan fingerprint density at radius 3 is 2.63 bits per heavy atom. The number of halogens is 2. The van der Waals surface area contributed by atoms with Crippen molar-refractivity contribution in [1.29, 1.82) is 5.41 Å². The second-order valence-electron chi connectivity index (χ2n) is 9.56. The summed E-state index contributed by atoms with van der Waals surface area (Å²) in [5.74, 6) is -5.58. The second-order valence-corrected chi connectivity index (χ2v) is 9.56. The third-order valence-corrected chi connectivity index (χ3v) is 6.75. The summed E-state index contributed by atoms with van der Waals surface area (Å²) in [5, 5.41) is 37.4. The van der Waals surface area contributed by atoms with Gasteiger partial charge in [0, 0.05) is 37.8 Å². The van der Waals surface area contributed by atoms with E-state index < -0.39 is 47.1 Å². The molecule has 12 nitrogen and oxygen atoms in total. The van der Waals surface area contributed by atoms with Gasteiger partial charge in [0.1, 0.15) is 23.5 Å². The number of benzene rings is 2. The van der Waals surface area contributed by atoms with E-state index in [0.717, 1.165) is 0 Å². The van der Waals surface area contributed by atoms with Crippen molar-refractivity contribution < 1.29 is 38.4 Å². The first-order valence-corrected chi connectivity index (χ1v) is 12.5. The van der Waals surface area contributed by atoms with Gasteiger partial charge in [-0.1, -0.05) is 0 Å². The van der Waals surface area contributed by atoms with E-state index >= 15 is 4.39 Å². The van der Waals surface area contributed by atoms with Crippen LogP contribution in [-0.2, 0) is 4.79 Å². The lowest BCUT2D eigenvalue weighted by Gasteiger charge is -2.25. The molecule has 0 saturated carbocycles. The van der Waals surface area contributed by atoms with E-state index in [4.69, 9.17) is 20.6 Å². The van der Waals surface area contributed by atoms with Crippen molar-refractivity contribution in [2.75, 3.05) is 31.6 Å². The maximum Gasteiger partial charge on any atom is 0.326 e. The van der Waals surface area contributed by atoms with Crippen molar-refractivity contribution in [3.63, 3.8) is 0 Å². The predicted octanol–water partition coefficient (Wildman–Crippen LogP) is 2.65. The van der Waals surface area contributed by atoms with Crippen LogP contribution in [0.5, 0.6) is 28.9 Å². The van der Waals surface area contributed by atoms with Gasteiger partial charge in [-0.15, -0.1) is 0 Å². The molecular weight excluding hydrogens is 542 g/mol. The van der Waals surface area contributed by atoms with Gasteiger partial charge in [-0.25, -0.2) is 14.2 Å². The van der Waals surface area contributed by atoms with Crippen molar-refractivity contribution >= 4 is 23.3 Å². The smallest absolute Gasteiger partial charge is 0.326 e. The van der Waals surface area contributed by atoms with Crippen LogP contribution in [0.4, 0.5) is 14.5 Å². The summed E-state index contributed by atoms with van der Waals surface area (Å²) in [6, 6.07) is 7.37. The van der Waals surface area contributed by atoms with Crippen LogP contribution < -0.4 is 20.1 Å². The second kappa shape index (κ2) is 10.9. The zero-order valence-electron chi connectivity index (χ0n) is 21.7. The first-order chi connectivity index (χ1) is 19.5. The molecule has 6 N–H and O–H groups in total. The molecule has 0 spiro atoms. The Kier molecular flexibility index (Phi) is 7.32. The number of aromatic hydroxyl groups is 1. The average molecular weight is 569 g/mol. The van der Waals surface area contributed by atoms with E-state index in [1.807, 2.05) is 4.90 Å². The van der Waals surface area contributed by atoms with Crippen LogP contribution >= 0.6 is 0 Å². The number of hydrogen-bond acceptors (Lipinski definition) is 10. The Morgan fingerprint density at radius 1 is 1.17 bits per heavy atom. The number of β-amino-alcohol motifs (C(OH)–C–C–N with tert-alkyl or cyclic N) is 1. The number of aliphatic hydroxyl groups is 1. The van der Waals surface area contributed by atoms with Crippen molar-refractivity contribution in [2.45, 2.75) is 18.6 Å². The molecular formula is C27H26F2N6O6. The molecule has 0 aliphatic carbocycles. The number of aliphatic carboxylic acids is 1. The number of nitrogens with one attached hydrogen (secondary N) is 1. The molecule has 214 valence electrons. The molecule has 1 saturated heterocycles. The Labute approximate surface area is 232 Å². The highest BCUT2D eigenvalue weighted by Crippen LogP contribution is 2.39. The monoisotopic (exact) mass is 568 g/mol. The summed E-state index contributed by atoms with van der Waals surface area (Å²) in [5.41, 5.74) is 6.47. The minimum Gasteiger partial charge on any atom is -0.504 e. The average Bonchev–Trinajstić information content (AvgIpc) is 3.54. The number of phenolic OH excluding ortho intramolecular Hbond substituents is 1. The molecule has 2 atom stereocenters. The standard InChI is InChI=1S/C27H26F2N6O6/c1-34-7-6-32-25(34)16-9-14(35-12-15(36)10-18(35)27(38)39)3-5-20(16)40-23-17(28)11-33-26(22(23)29)41-21-8-13(24(30)31)2-4-19(21)37/h2-5,8-9,11,15,18,36-37H,6-7,10,12H2,1H3,(H3,30,31)(H,38,39). The molecule has 0 bridgehead atoms. The maximum atomic E-state index is 15.5. The largest absolute Gasteiger partial charge is 0.504 e. The van der Waals surface area contributed by atoms with Gasteiger partial charge < -0.3 is 40.3 Å². The number of anilines is 1. The van der Waals surface area contributed by atoms with Gasteiger partial charge in [0.05, 0.1) is 24.4 Å². The highest BCUT2D eigenvalue weighted by molar-refractivity contribution is 6.03. The number of nitrogens with two attached hydrogens (primary N) is 1. The number of phenols is 1. The number of carbonyl (C=O) groups is 1. The van der Waals surface area contributed by atoms with Crippen molar-refractivity contribution in [3.8, 4) is 28.9 Å². The van der Waals surface area contributed by atoms with Crippen molar-refractivity contribution in [1.82, 2.24) is 9.88 Å². The molecule has 5 rings (SSSR count). The van der Waals surface area contributed by atoms with Gasteiger partial charge in [0.25, 0.3) is 5.88 Å². The van der Waals surface area contributed by atoms with Gasteiger partial charge in [-0.05, 0) is 36.4 Å². The summed E-state index contributed by atoms with van der Waals surface area (Å²) >= 11 is 0. The number of carboxylic acid groups (broad SMARTS) is 1. The molecule has 2 unspecified atom stereocenters. The molecule has 41 heavy (non-hydrogen) atoms. The summed E-state index contributed by atoms with van der Waals surface area (Å²) in [6.07, 6.45) is -0.100. The Hall–Kier alpha value is -4.98. The predicted molar refractivity (Wildman–Crippen MR) is 143 cm³/mol. The number of aromatic nitrogens is 1. The zero-order chi connectivity index (χ0) is 29.4.